The second-order valence-electron chi connectivity index (χ2n) is 20.3. The minimum Gasteiger partial charge on any atom is -0.458 e. The number of carbonyl (C=O) groups excluding carboxylic acids is 3. The fraction of sp³-hybridized carbons (Fsp3) is 0.646. The molecule has 12 heteroatoms. The predicted octanol–water partition coefficient (Wildman–Crippen LogP) is 5.60. The Bertz CT molecular complexity index is 2100. The molecule has 60 heavy (non-hydrogen) atoms. The van der Waals surface area contributed by atoms with Crippen molar-refractivity contribution < 1.29 is 43.3 Å². The summed E-state index contributed by atoms with van der Waals surface area (Å²) >= 11 is 0. The molecule has 4 saturated heterocycles. The van der Waals surface area contributed by atoms with Gasteiger partial charge in [-0.15, -0.1) is 0 Å². The molecule has 0 spiro atoms. The highest BCUT2D eigenvalue weighted by molar-refractivity contribution is 5.95. The quantitative estimate of drug-likeness (QED) is 0.193. The largest absolute Gasteiger partial charge is 0.458 e. The molecular formula is C48H59N3O9. The molecular weight excluding hydrogens is 763 g/mol. The maximum absolute atomic E-state index is 15.1. The third-order valence-corrected chi connectivity index (χ3v) is 16.1. The lowest BCUT2D eigenvalue weighted by atomic mass is 9.52. The van der Waals surface area contributed by atoms with E-state index in [4.69, 9.17) is 23.8 Å². The fourth-order valence-electron chi connectivity index (χ4n) is 12.5. The molecule has 9 aliphatic rings. The summed E-state index contributed by atoms with van der Waals surface area (Å²) in [6, 6.07) is 14.4. The summed E-state index contributed by atoms with van der Waals surface area (Å²) in [5.41, 5.74) is 3.73. The number of nitrogens with one attached hydrogen (secondary N) is 2. The zero-order valence-corrected chi connectivity index (χ0v) is 35.0. The van der Waals surface area contributed by atoms with Gasteiger partial charge in [0.1, 0.15) is 29.8 Å². The topological polar surface area (TPSA) is 148 Å². The number of amides is 2. The van der Waals surface area contributed by atoms with E-state index in [0.717, 1.165) is 61.6 Å². The first-order valence-electron chi connectivity index (χ1n) is 22.6. The summed E-state index contributed by atoms with van der Waals surface area (Å²) in [6.45, 7) is 7.51. The monoisotopic (exact) mass is 821 g/mol. The van der Waals surface area contributed by atoms with Crippen LogP contribution in [0.25, 0.3) is 6.08 Å². The van der Waals surface area contributed by atoms with E-state index in [-0.39, 0.29) is 61.9 Å². The number of aliphatic hydroxyl groups is 1. The van der Waals surface area contributed by atoms with Gasteiger partial charge in [-0.1, -0.05) is 61.9 Å². The van der Waals surface area contributed by atoms with Crippen LogP contribution in [0.3, 0.4) is 0 Å². The van der Waals surface area contributed by atoms with Crippen LogP contribution in [0.1, 0.15) is 112 Å². The molecule has 2 amide bonds. The van der Waals surface area contributed by atoms with E-state index in [1.54, 1.807) is 23.3 Å². The number of esters is 1. The van der Waals surface area contributed by atoms with E-state index >= 15 is 4.79 Å². The van der Waals surface area contributed by atoms with Crippen LogP contribution in [0, 0.1) is 34.5 Å². The number of nitrogens with zero attached hydrogens (tertiary/aromatic N) is 1. The van der Waals surface area contributed by atoms with Crippen molar-refractivity contribution in [3.05, 3.63) is 76.4 Å². The van der Waals surface area contributed by atoms with Gasteiger partial charge >= 0.3 is 5.97 Å². The summed E-state index contributed by atoms with van der Waals surface area (Å²) < 4.78 is 26.6. The van der Waals surface area contributed by atoms with E-state index in [9.17, 15) is 14.7 Å². The number of allylic oxidation sites excluding steroid dienone is 1. The zero-order valence-electron chi connectivity index (χ0n) is 35.0. The molecule has 3 N–H and O–H groups in total. The molecule has 2 bridgehead atoms. The number of carbonyl (C=O) groups is 3. The molecule has 0 aromatic heterocycles. The van der Waals surface area contributed by atoms with Gasteiger partial charge in [-0.2, -0.15) is 5.06 Å². The van der Waals surface area contributed by atoms with Crippen LogP contribution in [0.2, 0.25) is 0 Å². The number of hydroxylamine groups is 2. The van der Waals surface area contributed by atoms with Gasteiger partial charge in [0.15, 0.2) is 11.8 Å². The van der Waals surface area contributed by atoms with Crippen LogP contribution >= 0.6 is 0 Å². The molecule has 4 aliphatic heterocycles. The summed E-state index contributed by atoms with van der Waals surface area (Å²) in [7, 11) is 0. The highest BCUT2D eigenvalue weighted by Crippen LogP contribution is 2.64. The Morgan fingerprint density at radius 3 is 2.47 bits per heavy atom. The van der Waals surface area contributed by atoms with Gasteiger partial charge in [0.05, 0.1) is 24.9 Å². The van der Waals surface area contributed by atoms with Crippen LogP contribution in [0.15, 0.2) is 54.1 Å². The Morgan fingerprint density at radius 2 is 1.70 bits per heavy atom. The molecule has 2 aromatic rings. The molecule has 0 radical (unpaired) electrons. The maximum atomic E-state index is 15.1. The second kappa shape index (κ2) is 14.2. The van der Waals surface area contributed by atoms with Crippen molar-refractivity contribution in [2.75, 3.05) is 13.2 Å². The number of benzene rings is 2. The molecule has 11 rings (SSSR count). The first-order valence-corrected chi connectivity index (χ1v) is 22.6. The minimum atomic E-state index is -1.31. The third-order valence-electron chi connectivity index (χ3n) is 16.1. The molecule has 10 unspecified atom stereocenters. The lowest BCUT2D eigenvalue weighted by molar-refractivity contribution is -0.235. The van der Waals surface area contributed by atoms with Crippen LogP contribution in [-0.4, -0.2) is 89.1 Å². The summed E-state index contributed by atoms with van der Waals surface area (Å²) in [5, 5.41) is 16.8. The molecule has 5 aliphatic carbocycles. The summed E-state index contributed by atoms with van der Waals surface area (Å²) in [4.78, 5) is 49.3. The Balaban J connectivity index is 0.914. The Morgan fingerprint density at radius 1 is 0.917 bits per heavy atom. The average Bonchev–Trinajstić information content (AvgIpc) is 4.18. The standard InChI is InChI=1S/C48H59N3O9/c1-45(2)23-34-29(11-16-37-46(3,57-37)18-17-35(34)45)22-28-8-4-5-9-31(28)26-51-40-43(54)56-36-24-47(40,44(55)50-25-27-7-6-10-30(21-27)42(53)49-19-20-52)41(60-51)39-38(36)58-48(59-39,32-12-13-32)33-14-15-33/h4-10,21-22,32-41,52H,11-20,23-26H2,1-3H3,(H,49,53)(H,50,55). The molecule has 2 aromatic carbocycles. The first kappa shape index (κ1) is 39.2. The van der Waals surface area contributed by atoms with E-state index in [1.165, 1.54) is 18.4 Å². The van der Waals surface area contributed by atoms with Gasteiger partial charge in [0.25, 0.3) is 5.91 Å². The number of hydrogen-bond donors (Lipinski definition) is 3. The fourth-order valence-corrected chi connectivity index (χ4v) is 12.5. The summed E-state index contributed by atoms with van der Waals surface area (Å²) in [6.07, 6.45) is 9.99. The van der Waals surface area contributed by atoms with Crippen molar-refractivity contribution in [3.63, 3.8) is 0 Å². The van der Waals surface area contributed by atoms with Gasteiger partial charge in [0.2, 0.25) is 5.91 Å². The molecule has 9 fully saturated rings. The van der Waals surface area contributed by atoms with E-state index in [2.05, 4.69) is 55.7 Å². The lowest BCUT2D eigenvalue weighted by Crippen LogP contribution is -2.69. The molecule has 12 nitrogen and oxygen atoms in total. The van der Waals surface area contributed by atoms with Crippen molar-refractivity contribution in [3.8, 4) is 0 Å². The molecule has 5 saturated carbocycles. The van der Waals surface area contributed by atoms with Crippen molar-refractivity contribution in [2.24, 2.45) is 34.5 Å². The van der Waals surface area contributed by atoms with E-state index in [1.807, 2.05) is 12.1 Å². The second-order valence-corrected chi connectivity index (χ2v) is 20.3. The van der Waals surface area contributed by atoms with Crippen LogP contribution in [-0.2, 0) is 46.5 Å². The first-order chi connectivity index (χ1) is 28.9. The Hall–Kier alpha value is -3.65. The van der Waals surface area contributed by atoms with Crippen molar-refractivity contribution in [2.45, 2.75) is 146 Å². The zero-order chi connectivity index (χ0) is 41.2. The number of rotatable bonds is 11. The van der Waals surface area contributed by atoms with Gasteiger partial charge in [-0.05, 0) is 111 Å². The van der Waals surface area contributed by atoms with Crippen molar-refractivity contribution >= 4 is 23.9 Å². The number of aliphatic hydroxyl groups excluding tert-OH is 1. The number of fused-ring (bicyclic) bond motifs is 6. The van der Waals surface area contributed by atoms with Gasteiger partial charge in [0, 0.05) is 36.9 Å². The number of epoxide rings is 1. The van der Waals surface area contributed by atoms with Crippen molar-refractivity contribution in [1.82, 2.24) is 15.7 Å². The Labute approximate surface area is 352 Å². The Kier molecular flexibility index (Phi) is 9.27. The van der Waals surface area contributed by atoms with Crippen LogP contribution in [0.5, 0.6) is 0 Å². The molecule has 320 valence electrons. The maximum Gasteiger partial charge on any atom is 0.327 e. The predicted molar refractivity (Wildman–Crippen MR) is 218 cm³/mol. The average molecular weight is 822 g/mol. The van der Waals surface area contributed by atoms with E-state index < -0.39 is 47.6 Å². The molecule has 10 atom stereocenters. The van der Waals surface area contributed by atoms with E-state index in [0.29, 0.717) is 28.9 Å². The lowest BCUT2D eigenvalue weighted by Gasteiger charge is -2.53. The van der Waals surface area contributed by atoms with Crippen LogP contribution in [0.4, 0.5) is 0 Å². The van der Waals surface area contributed by atoms with Gasteiger partial charge in [-0.3, -0.25) is 19.2 Å². The van der Waals surface area contributed by atoms with Gasteiger partial charge in [-0.25, -0.2) is 0 Å². The summed E-state index contributed by atoms with van der Waals surface area (Å²) in [5.74, 6) is -0.135. The van der Waals surface area contributed by atoms with Crippen molar-refractivity contribution in [1.29, 1.82) is 0 Å². The van der Waals surface area contributed by atoms with Crippen LogP contribution < -0.4 is 10.6 Å². The van der Waals surface area contributed by atoms with Gasteiger partial charge < -0.3 is 34.7 Å². The SMILES string of the molecule is CC1(C)CC2C(=Cc3ccccc3CN3OC4C5OC(C6CC6)(C6CC6)OC5C5CC4(C(=O)NCc4cccc(C(=O)NCCO)c4)C3C(=O)O5)CCC3OC3(C)CCC21. The number of ether oxygens (including phenoxy) is 4. The third kappa shape index (κ3) is 6.33. The smallest absolute Gasteiger partial charge is 0.327 e. The highest BCUT2D eigenvalue weighted by Gasteiger charge is 2.78. The number of hydrogen-bond acceptors (Lipinski definition) is 10. The normalized spacial score (nSPS) is 38.9. The minimum absolute atomic E-state index is 0.00849. The highest BCUT2D eigenvalue weighted by atomic mass is 16.8. The molecule has 4 heterocycles.